The molecule has 1 aromatic carbocycles. The van der Waals surface area contributed by atoms with Crippen LogP contribution in [0, 0.1) is 0 Å². The van der Waals surface area contributed by atoms with Crippen LogP contribution in [0.4, 0.5) is 22.0 Å². The highest BCUT2D eigenvalue weighted by Gasteiger charge is 2.45. The van der Waals surface area contributed by atoms with E-state index in [1.54, 1.807) is 13.3 Å². The number of urea groups is 1. The fraction of sp³-hybridized carbons (Fsp3) is 0.458. The summed E-state index contributed by atoms with van der Waals surface area (Å²) in [7, 11) is 1.62. The smallest absolute Gasteiger partial charge is 0.321 e. The summed E-state index contributed by atoms with van der Waals surface area (Å²) in [6.45, 7) is 1.24. The quantitative estimate of drug-likeness (QED) is 0.669. The van der Waals surface area contributed by atoms with Crippen molar-refractivity contribution < 1.29 is 9.53 Å². The Balaban J connectivity index is 1.40. The van der Waals surface area contributed by atoms with Crippen molar-refractivity contribution in [3.05, 3.63) is 42.6 Å². The van der Waals surface area contributed by atoms with Gasteiger partial charge in [0, 0.05) is 24.5 Å². The molecule has 3 N–H and O–H groups in total. The lowest BCUT2D eigenvalue weighted by Gasteiger charge is -2.47. The van der Waals surface area contributed by atoms with Crippen LogP contribution >= 0.6 is 0 Å². The van der Waals surface area contributed by atoms with E-state index in [-0.39, 0.29) is 6.03 Å². The fourth-order valence-corrected chi connectivity index (χ4v) is 4.95. The molecule has 8 heteroatoms. The average molecular weight is 435 g/mol. The van der Waals surface area contributed by atoms with Gasteiger partial charge in [-0.3, -0.25) is 4.99 Å². The summed E-state index contributed by atoms with van der Waals surface area (Å²) in [5.74, 6) is 2.42. The molecule has 2 aromatic rings. The minimum Gasteiger partial charge on any atom is -0.497 e. The largest absolute Gasteiger partial charge is 0.497 e. The number of hydrogen-bond acceptors (Lipinski definition) is 5. The van der Waals surface area contributed by atoms with E-state index in [9.17, 15) is 4.79 Å². The standard InChI is InChI=1S/C24H30N6O2/c1-32-19-10-4-9-18(15-19)27-23(31)30-14-6-12-24(16-30)22(26-17-7-2-3-8-17)28-21-20(29-24)11-5-13-25-21/h4-5,9-11,13,15,17,29H,2-3,6-8,12,14,16H2,1H3,(H,27,31)(H,25,26,28)/t24-/m1/s1. The summed E-state index contributed by atoms with van der Waals surface area (Å²) in [6.07, 6.45) is 8.28. The number of carbonyl (C=O) groups excluding carboxylic acids is 1. The molecule has 0 bridgehead atoms. The Labute approximate surface area is 188 Å². The number of hydrogen-bond donors (Lipinski definition) is 3. The van der Waals surface area contributed by atoms with E-state index in [1.165, 1.54) is 12.8 Å². The van der Waals surface area contributed by atoms with Gasteiger partial charge >= 0.3 is 6.03 Å². The van der Waals surface area contributed by atoms with Gasteiger partial charge in [0.15, 0.2) is 5.82 Å². The normalized spacial score (nSPS) is 24.0. The molecule has 1 atom stereocenters. The number of ether oxygens (including phenoxy) is 1. The van der Waals surface area contributed by atoms with Crippen LogP contribution in [-0.2, 0) is 0 Å². The second-order valence-corrected chi connectivity index (χ2v) is 8.83. The number of piperidine rings is 1. The SMILES string of the molecule is COc1cccc(NC(=O)N2CCC[C@]3(C2)Nc2cccnc2NC3=NC2CCCC2)c1. The third kappa shape index (κ3) is 4.09. The van der Waals surface area contributed by atoms with E-state index in [1.807, 2.05) is 41.3 Å². The van der Waals surface area contributed by atoms with Crippen molar-refractivity contribution in [1.29, 1.82) is 0 Å². The number of anilines is 3. The zero-order valence-electron chi connectivity index (χ0n) is 18.4. The topological polar surface area (TPSA) is 90.9 Å². The van der Waals surface area contributed by atoms with Gasteiger partial charge in [-0.15, -0.1) is 0 Å². The van der Waals surface area contributed by atoms with Crippen molar-refractivity contribution in [2.45, 2.75) is 50.1 Å². The van der Waals surface area contributed by atoms with Crippen LogP contribution in [0.5, 0.6) is 5.75 Å². The fourth-order valence-electron chi connectivity index (χ4n) is 4.95. The van der Waals surface area contributed by atoms with E-state index in [2.05, 4.69) is 20.9 Å². The van der Waals surface area contributed by atoms with Gasteiger partial charge in [-0.25, -0.2) is 9.78 Å². The highest BCUT2D eigenvalue weighted by Crippen LogP contribution is 2.36. The van der Waals surface area contributed by atoms with Gasteiger partial charge in [-0.2, -0.15) is 0 Å². The van der Waals surface area contributed by atoms with Gasteiger partial charge in [0.25, 0.3) is 0 Å². The van der Waals surface area contributed by atoms with Gasteiger partial charge in [-0.05, 0) is 49.9 Å². The number of pyridine rings is 1. The summed E-state index contributed by atoms with van der Waals surface area (Å²) in [4.78, 5) is 24.7. The van der Waals surface area contributed by atoms with Crippen molar-refractivity contribution in [3.8, 4) is 5.75 Å². The number of fused-ring (bicyclic) bond motifs is 1. The number of likely N-dealkylation sites (tertiary alicyclic amines) is 1. The molecule has 1 saturated carbocycles. The lowest BCUT2D eigenvalue weighted by Crippen LogP contribution is -2.63. The molecule has 2 amide bonds. The Kier molecular flexibility index (Phi) is 5.59. The third-order valence-corrected chi connectivity index (χ3v) is 6.61. The first-order valence-corrected chi connectivity index (χ1v) is 11.4. The minimum atomic E-state index is -0.442. The van der Waals surface area contributed by atoms with E-state index >= 15 is 0 Å². The lowest BCUT2D eigenvalue weighted by atomic mass is 9.85. The number of rotatable bonds is 3. The Hall–Kier alpha value is -3.29. The maximum Gasteiger partial charge on any atom is 0.321 e. The zero-order valence-corrected chi connectivity index (χ0v) is 18.4. The molecule has 168 valence electrons. The van der Waals surface area contributed by atoms with E-state index in [0.717, 1.165) is 48.7 Å². The first-order valence-electron chi connectivity index (χ1n) is 11.4. The molecular weight excluding hydrogens is 404 g/mol. The molecule has 32 heavy (non-hydrogen) atoms. The third-order valence-electron chi connectivity index (χ3n) is 6.61. The van der Waals surface area contributed by atoms with Crippen LogP contribution in [-0.4, -0.2) is 53.5 Å². The van der Waals surface area contributed by atoms with Crippen LogP contribution in [0.25, 0.3) is 0 Å². The average Bonchev–Trinajstić information content (AvgIpc) is 3.33. The molecule has 8 nitrogen and oxygen atoms in total. The predicted molar refractivity (Wildman–Crippen MR) is 127 cm³/mol. The van der Waals surface area contributed by atoms with Crippen LogP contribution in [0.2, 0.25) is 0 Å². The molecular formula is C24H30N6O2. The summed E-state index contributed by atoms with van der Waals surface area (Å²) < 4.78 is 5.28. The number of benzene rings is 1. The number of nitrogens with zero attached hydrogens (tertiary/aromatic N) is 3. The van der Waals surface area contributed by atoms with Crippen molar-refractivity contribution in [3.63, 3.8) is 0 Å². The zero-order chi connectivity index (χ0) is 22.0. The van der Waals surface area contributed by atoms with Crippen LogP contribution < -0.4 is 20.7 Å². The van der Waals surface area contributed by atoms with Gasteiger partial charge in [0.05, 0.1) is 25.4 Å². The number of carbonyl (C=O) groups is 1. The molecule has 2 fully saturated rings. The Bertz CT molecular complexity index is 1020. The highest BCUT2D eigenvalue weighted by atomic mass is 16.5. The molecule has 5 rings (SSSR count). The summed E-state index contributed by atoms with van der Waals surface area (Å²) in [5.41, 5.74) is 1.23. The maximum atomic E-state index is 13.2. The van der Waals surface area contributed by atoms with Crippen molar-refractivity contribution in [2.75, 3.05) is 36.1 Å². The number of methoxy groups -OCH3 is 1. The number of nitrogens with one attached hydrogen (secondary N) is 3. The molecule has 3 heterocycles. The molecule has 0 unspecified atom stereocenters. The Morgan fingerprint density at radius 1 is 1.25 bits per heavy atom. The number of amides is 2. The van der Waals surface area contributed by atoms with Crippen molar-refractivity contribution >= 4 is 29.1 Å². The molecule has 0 radical (unpaired) electrons. The number of aliphatic imine (C=N–C) groups is 1. The van der Waals surface area contributed by atoms with E-state index in [4.69, 9.17) is 9.73 Å². The number of aromatic nitrogens is 1. The Morgan fingerprint density at radius 2 is 2.12 bits per heavy atom. The summed E-state index contributed by atoms with van der Waals surface area (Å²) >= 11 is 0. The van der Waals surface area contributed by atoms with E-state index in [0.29, 0.717) is 24.9 Å². The van der Waals surface area contributed by atoms with Gasteiger partial charge in [0.2, 0.25) is 0 Å². The molecule has 1 spiro atoms. The lowest BCUT2D eigenvalue weighted by molar-refractivity contribution is 0.187. The minimum absolute atomic E-state index is 0.115. The highest BCUT2D eigenvalue weighted by molar-refractivity contribution is 6.09. The summed E-state index contributed by atoms with van der Waals surface area (Å²) in [6, 6.07) is 11.6. The van der Waals surface area contributed by atoms with Crippen LogP contribution in [0.3, 0.4) is 0 Å². The summed E-state index contributed by atoms with van der Waals surface area (Å²) in [5, 5.41) is 10.2. The Morgan fingerprint density at radius 3 is 2.97 bits per heavy atom. The molecule has 1 saturated heterocycles. The maximum absolute atomic E-state index is 13.2. The molecule has 1 aliphatic carbocycles. The molecule has 2 aliphatic heterocycles. The van der Waals surface area contributed by atoms with Crippen LogP contribution in [0.1, 0.15) is 38.5 Å². The monoisotopic (exact) mass is 434 g/mol. The molecule has 1 aromatic heterocycles. The van der Waals surface area contributed by atoms with Crippen LogP contribution in [0.15, 0.2) is 47.6 Å². The number of amidine groups is 1. The second kappa shape index (κ2) is 8.68. The van der Waals surface area contributed by atoms with Gasteiger partial charge < -0.3 is 25.6 Å². The molecule has 3 aliphatic rings. The van der Waals surface area contributed by atoms with Gasteiger partial charge in [-0.1, -0.05) is 18.9 Å². The predicted octanol–water partition coefficient (Wildman–Crippen LogP) is 4.34. The first-order chi connectivity index (χ1) is 15.6. The first kappa shape index (κ1) is 20.6. The van der Waals surface area contributed by atoms with Crippen molar-refractivity contribution in [1.82, 2.24) is 9.88 Å². The van der Waals surface area contributed by atoms with E-state index < -0.39 is 5.54 Å². The van der Waals surface area contributed by atoms with Crippen molar-refractivity contribution in [2.24, 2.45) is 4.99 Å². The second-order valence-electron chi connectivity index (χ2n) is 8.83. The van der Waals surface area contributed by atoms with Gasteiger partial charge in [0.1, 0.15) is 17.1 Å².